The molecule has 2 aromatic carbocycles. The lowest BCUT2D eigenvalue weighted by atomic mass is 10.1. The molecule has 0 aliphatic heterocycles. The minimum Gasteiger partial charge on any atom is -0.495 e. The molecule has 2 rings (SSSR count). The van der Waals surface area contributed by atoms with Crippen molar-refractivity contribution in [1.29, 1.82) is 0 Å². The van der Waals surface area contributed by atoms with E-state index in [1.807, 2.05) is 26.0 Å². The Bertz CT molecular complexity index is 615. The maximum atomic E-state index is 13.3. The molecule has 0 spiro atoms. The number of nitrogens with one attached hydrogen (secondary N) is 1. The van der Waals surface area contributed by atoms with Gasteiger partial charge in [0.05, 0.1) is 12.8 Å². The van der Waals surface area contributed by atoms with Crippen LogP contribution < -0.4 is 10.1 Å². The Morgan fingerprint density at radius 3 is 2.65 bits per heavy atom. The Balaban J connectivity index is 2.27. The van der Waals surface area contributed by atoms with Crippen molar-refractivity contribution in [3.05, 3.63) is 58.4 Å². The standard InChI is InChI=1S/C16H17ClFNO/c1-10-7-15(16(20-3)9-14(10)17)19-11(2)12-5-4-6-13(18)8-12/h4-9,11,19H,1-3H3. The van der Waals surface area contributed by atoms with Crippen LogP contribution in [0.4, 0.5) is 10.1 Å². The van der Waals surface area contributed by atoms with Crippen LogP contribution in [-0.4, -0.2) is 7.11 Å². The third-order valence-corrected chi connectivity index (χ3v) is 3.61. The highest BCUT2D eigenvalue weighted by Gasteiger charge is 2.11. The lowest BCUT2D eigenvalue weighted by Gasteiger charge is -2.19. The summed E-state index contributed by atoms with van der Waals surface area (Å²) in [6.45, 7) is 3.90. The molecule has 0 heterocycles. The molecule has 1 unspecified atom stereocenters. The fourth-order valence-corrected chi connectivity index (χ4v) is 2.19. The Morgan fingerprint density at radius 1 is 1.25 bits per heavy atom. The number of rotatable bonds is 4. The predicted molar refractivity (Wildman–Crippen MR) is 81.2 cm³/mol. The van der Waals surface area contributed by atoms with Gasteiger partial charge < -0.3 is 10.1 Å². The molecule has 0 bridgehead atoms. The zero-order valence-corrected chi connectivity index (χ0v) is 12.5. The summed E-state index contributed by atoms with van der Waals surface area (Å²) in [6.07, 6.45) is 0. The normalized spacial score (nSPS) is 12.1. The second kappa shape index (κ2) is 6.14. The van der Waals surface area contributed by atoms with Gasteiger partial charge in [-0.1, -0.05) is 23.7 Å². The molecule has 0 saturated heterocycles. The van der Waals surface area contributed by atoms with E-state index in [9.17, 15) is 4.39 Å². The van der Waals surface area contributed by atoms with E-state index in [0.717, 1.165) is 16.8 Å². The number of benzene rings is 2. The molecular weight excluding hydrogens is 277 g/mol. The molecule has 1 N–H and O–H groups in total. The van der Waals surface area contributed by atoms with Gasteiger partial charge in [-0.05, 0) is 43.2 Å². The number of hydrogen-bond acceptors (Lipinski definition) is 2. The van der Waals surface area contributed by atoms with E-state index in [4.69, 9.17) is 16.3 Å². The van der Waals surface area contributed by atoms with E-state index in [1.165, 1.54) is 12.1 Å². The maximum absolute atomic E-state index is 13.3. The van der Waals surface area contributed by atoms with Crippen LogP contribution in [-0.2, 0) is 0 Å². The highest BCUT2D eigenvalue weighted by molar-refractivity contribution is 6.31. The van der Waals surface area contributed by atoms with Crippen molar-refractivity contribution in [2.24, 2.45) is 0 Å². The van der Waals surface area contributed by atoms with Crippen LogP contribution in [0.2, 0.25) is 5.02 Å². The molecule has 20 heavy (non-hydrogen) atoms. The van der Waals surface area contributed by atoms with Crippen LogP contribution in [0.3, 0.4) is 0 Å². The highest BCUT2D eigenvalue weighted by atomic mass is 35.5. The van der Waals surface area contributed by atoms with Gasteiger partial charge in [-0.3, -0.25) is 0 Å². The minimum absolute atomic E-state index is 0.0415. The first kappa shape index (κ1) is 14.7. The second-order valence-electron chi connectivity index (χ2n) is 4.72. The number of ether oxygens (including phenoxy) is 1. The fraction of sp³-hybridized carbons (Fsp3) is 0.250. The third-order valence-electron chi connectivity index (χ3n) is 3.20. The predicted octanol–water partition coefficient (Wildman–Crippen LogP) is 4.97. The Hall–Kier alpha value is -1.74. The van der Waals surface area contributed by atoms with E-state index in [2.05, 4.69) is 5.32 Å². The third kappa shape index (κ3) is 3.23. The summed E-state index contributed by atoms with van der Waals surface area (Å²) in [5.41, 5.74) is 2.67. The largest absolute Gasteiger partial charge is 0.495 e. The smallest absolute Gasteiger partial charge is 0.143 e. The van der Waals surface area contributed by atoms with E-state index in [1.54, 1.807) is 19.2 Å². The van der Waals surface area contributed by atoms with Crippen LogP contribution in [0.15, 0.2) is 36.4 Å². The molecule has 4 heteroatoms. The number of hydrogen-bond donors (Lipinski definition) is 1. The van der Waals surface area contributed by atoms with Crippen LogP contribution >= 0.6 is 11.6 Å². The van der Waals surface area contributed by atoms with Crippen molar-refractivity contribution in [2.45, 2.75) is 19.9 Å². The molecule has 0 saturated carbocycles. The lowest BCUT2D eigenvalue weighted by molar-refractivity contribution is 0.416. The number of halogens is 2. The van der Waals surface area contributed by atoms with Crippen LogP contribution in [0.5, 0.6) is 5.75 Å². The summed E-state index contributed by atoms with van der Waals surface area (Å²) in [5, 5.41) is 3.98. The summed E-state index contributed by atoms with van der Waals surface area (Å²) >= 11 is 6.08. The molecule has 0 aromatic heterocycles. The first-order chi connectivity index (χ1) is 9.51. The van der Waals surface area contributed by atoms with Gasteiger partial charge in [0, 0.05) is 17.1 Å². The number of anilines is 1. The molecule has 0 aliphatic rings. The Morgan fingerprint density at radius 2 is 2.00 bits per heavy atom. The quantitative estimate of drug-likeness (QED) is 0.859. The van der Waals surface area contributed by atoms with Gasteiger partial charge in [-0.15, -0.1) is 0 Å². The second-order valence-corrected chi connectivity index (χ2v) is 5.13. The summed E-state index contributed by atoms with van der Waals surface area (Å²) < 4.78 is 18.6. The molecule has 2 aromatic rings. The molecule has 0 amide bonds. The van der Waals surface area contributed by atoms with Crippen molar-refractivity contribution >= 4 is 17.3 Å². The zero-order chi connectivity index (χ0) is 14.7. The Labute approximate surface area is 123 Å². The SMILES string of the molecule is COc1cc(Cl)c(C)cc1NC(C)c1cccc(F)c1. The summed E-state index contributed by atoms with van der Waals surface area (Å²) in [5.74, 6) is 0.430. The topological polar surface area (TPSA) is 21.3 Å². The van der Waals surface area contributed by atoms with Gasteiger partial charge in [0.15, 0.2) is 0 Å². The van der Waals surface area contributed by atoms with Gasteiger partial charge in [0.25, 0.3) is 0 Å². The number of aryl methyl sites for hydroxylation is 1. The average molecular weight is 294 g/mol. The van der Waals surface area contributed by atoms with Crippen molar-refractivity contribution in [3.63, 3.8) is 0 Å². The van der Waals surface area contributed by atoms with Crippen molar-refractivity contribution in [2.75, 3.05) is 12.4 Å². The van der Waals surface area contributed by atoms with E-state index >= 15 is 0 Å². The van der Waals surface area contributed by atoms with Gasteiger partial charge in [0.2, 0.25) is 0 Å². The monoisotopic (exact) mass is 293 g/mol. The summed E-state index contributed by atoms with van der Waals surface area (Å²) in [7, 11) is 1.60. The first-order valence-corrected chi connectivity index (χ1v) is 6.75. The molecule has 0 aliphatic carbocycles. The fourth-order valence-electron chi connectivity index (χ4n) is 2.04. The van der Waals surface area contributed by atoms with E-state index in [0.29, 0.717) is 10.8 Å². The summed E-state index contributed by atoms with van der Waals surface area (Å²) in [4.78, 5) is 0. The van der Waals surface area contributed by atoms with Crippen molar-refractivity contribution < 1.29 is 9.13 Å². The van der Waals surface area contributed by atoms with Gasteiger partial charge in [0.1, 0.15) is 11.6 Å². The molecule has 2 nitrogen and oxygen atoms in total. The van der Waals surface area contributed by atoms with Gasteiger partial charge in [-0.2, -0.15) is 0 Å². The van der Waals surface area contributed by atoms with Gasteiger partial charge >= 0.3 is 0 Å². The molecule has 0 radical (unpaired) electrons. The molecule has 106 valence electrons. The van der Waals surface area contributed by atoms with Crippen LogP contribution in [0, 0.1) is 12.7 Å². The van der Waals surface area contributed by atoms with E-state index in [-0.39, 0.29) is 11.9 Å². The lowest BCUT2D eigenvalue weighted by Crippen LogP contribution is -2.08. The maximum Gasteiger partial charge on any atom is 0.143 e. The van der Waals surface area contributed by atoms with Crippen LogP contribution in [0.25, 0.3) is 0 Å². The molecule has 1 atom stereocenters. The highest BCUT2D eigenvalue weighted by Crippen LogP contribution is 2.33. The number of methoxy groups -OCH3 is 1. The molecule has 0 fully saturated rings. The van der Waals surface area contributed by atoms with E-state index < -0.39 is 0 Å². The van der Waals surface area contributed by atoms with Crippen molar-refractivity contribution in [3.8, 4) is 5.75 Å². The first-order valence-electron chi connectivity index (χ1n) is 6.37. The average Bonchev–Trinajstić information content (AvgIpc) is 2.42. The minimum atomic E-state index is -0.240. The van der Waals surface area contributed by atoms with Gasteiger partial charge in [-0.25, -0.2) is 4.39 Å². The zero-order valence-electron chi connectivity index (χ0n) is 11.7. The summed E-state index contributed by atoms with van der Waals surface area (Å²) in [6, 6.07) is 10.2. The molecular formula is C16H17ClFNO. The van der Waals surface area contributed by atoms with Crippen LogP contribution in [0.1, 0.15) is 24.1 Å². The van der Waals surface area contributed by atoms with Crippen molar-refractivity contribution in [1.82, 2.24) is 0 Å². The Kier molecular flexibility index (Phi) is 4.50.